The smallest absolute Gasteiger partial charge is 0.357 e. The van der Waals surface area contributed by atoms with Gasteiger partial charge >= 0.3 is 5.97 Å². The molecule has 2 heterocycles. The highest BCUT2D eigenvalue weighted by molar-refractivity contribution is 7.10. The summed E-state index contributed by atoms with van der Waals surface area (Å²) in [5.74, 6) is -0.375. The van der Waals surface area contributed by atoms with Crippen LogP contribution in [0.4, 0.5) is 0 Å². The molecule has 0 bridgehead atoms. The first kappa shape index (κ1) is 20.5. The third kappa shape index (κ3) is 6.51. The Kier molecular flexibility index (Phi) is 8.73. The molecule has 0 saturated heterocycles. The minimum Gasteiger partial charge on any atom is -0.461 e. The van der Waals surface area contributed by atoms with Gasteiger partial charge in [-0.05, 0) is 31.7 Å². The predicted octanol–water partition coefficient (Wildman–Crippen LogP) is 3.38. The van der Waals surface area contributed by atoms with Crippen molar-refractivity contribution >= 4 is 34.6 Å². The first-order valence-electron chi connectivity index (χ1n) is 8.63. The fraction of sp³-hybridized carbons (Fsp3) is 0.500. The number of thiophene rings is 1. The molecular weight excluding hydrogens is 372 g/mol. The van der Waals surface area contributed by atoms with Crippen LogP contribution in [0.15, 0.2) is 22.9 Å². The van der Waals surface area contributed by atoms with E-state index < -0.39 is 5.97 Å². The normalized spacial score (nSPS) is 10.7. The lowest BCUT2D eigenvalue weighted by Crippen LogP contribution is -2.33. The van der Waals surface area contributed by atoms with Crippen LogP contribution < -0.4 is 0 Å². The van der Waals surface area contributed by atoms with Crippen molar-refractivity contribution in [1.29, 1.82) is 0 Å². The monoisotopic (exact) mass is 396 g/mol. The molecule has 0 aliphatic carbocycles. The molecule has 1 amide bonds. The predicted molar refractivity (Wildman–Crippen MR) is 103 cm³/mol. The van der Waals surface area contributed by atoms with Crippen molar-refractivity contribution in [3.05, 3.63) is 38.5 Å². The highest BCUT2D eigenvalue weighted by Crippen LogP contribution is 2.16. The second-order valence-corrected chi connectivity index (χ2v) is 7.44. The second kappa shape index (κ2) is 11.1. The summed E-state index contributed by atoms with van der Waals surface area (Å²) in [5, 5.41) is 4.37. The lowest BCUT2D eigenvalue weighted by molar-refractivity contribution is -0.131. The number of ether oxygens (including phenoxy) is 2. The molecule has 0 saturated carbocycles. The van der Waals surface area contributed by atoms with Gasteiger partial charge in [0.2, 0.25) is 5.91 Å². The maximum Gasteiger partial charge on any atom is 0.357 e. The molecule has 0 spiro atoms. The number of amides is 1. The van der Waals surface area contributed by atoms with E-state index in [4.69, 9.17) is 9.47 Å². The van der Waals surface area contributed by atoms with Crippen molar-refractivity contribution in [1.82, 2.24) is 9.88 Å². The summed E-state index contributed by atoms with van der Waals surface area (Å²) in [6, 6.07) is 3.91. The van der Waals surface area contributed by atoms with Gasteiger partial charge in [-0.2, -0.15) is 0 Å². The van der Waals surface area contributed by atoms with Crippen LogP contribution in [0, 0.1) is 0 Å². The lowest BCUT2D eigenvalue weighted by Gasteiger charge is -2.21. The summed E-state index contributed by atoms with van der Waals surface area (Å²) in [6.07, 6.45) is 1.14. The molecule has 2 rings (SSSR count). The SMILES string of the molecule is CCOCCCN(Cc1nc(C(=O)OCC)cs1)C(=O)Cc1cccs1. The van der Waals surface area contributed by atoms with Gasteiger partial charge in [0.25, 0.3) is 0 Å². The fourth-order valence-electron chi connectivity index (χ4n) is 2.31. The maximum atomic E-state index is 12.7. The minimum absolute atomic E-state index is 0.0526. The molecular formula is C18H24N2O4S2. The quantitative estimate of drug-likeness (QED) is 0.430. The molecule has 0 N–H and O–H groups in total. The zero-order valence-corrected chi connectivity index (χ0v) is 16.7. The first-order chi connectivity index (χ1) is 12.6. The molecule has 0 aliphatic rings. The Morgan fingerprint density at radius 3 is 2.77 bits per heavy atom. The Balaban J connectivity index is 2.00. The molecule has 0 atom stereocenters. The molecule has 0 aromatic carbocycles. The van der Waals surface area contributed by atoms with Crippen molar-refractivity contribution in [3.8, 4) is 0 Å². The standard InChI is InChI=1S/C18H24N2O4S2/c1-3-23-9-6-8-20(17(21)11-14-7-5-10-25-14)12-16-19-15(13-26-16)18(22)24-4-2/h5,7,10,13H,3-4,6,8-9,11-12H2,1-2H3. The van der Waals surface area contributed by atoms with Crippen LogP contribution in [-0.4, -0.2) is 48.1 Å². The van der Waals surface area contributed by atoms with Gasteiger partial charge in [-0.25, -0.2) is 9.78 Å². The molecule has 142 valence electrons. The fourth-order valence-corrected chi connectivity index (χ4v) is 3.79. The molecule has 0 radical (unpaired) electrons. The number of carbonyl (C=O) groups is 2. The summed E-state index contributed by atoms with van der Waals surface area (Å²) in [6.45, 7) is 6.29. The minimum atomic E-state index is -0.428. The lowest BCUT2D eigenvalue weighted by atomic mass is 10.3. The average Bonchev–Trinajstić information content (AvgIpc) is 3.29. The highest BCUT2D eigenvalue weighted by Gasteiger charge is 2.18. The number of carbonyl (C=O) groups excluding carboxylic acids is 2. The summed E-state index contributed by atoms with van der Waals surface area (Å²) < 4.78 is 10.3. The topological polar surface area (TPSA) is 68.7 Å². The van der Waals surface area contributed by atoms with Crippen LogP contribution in [0.2, 0.25) is 0 Å². The van der Waals surface area contributed by atoms with Gasteiger partial charge in [0.05, 0.1) is 19.6 Å². The van der Waals surface area contributed by atoms with E-state index in [9.17, 15) is 9.59 Å². The van der Waals surface area contributed by atoms with Crippen LogP contribution in [-0.2, 0) is 27.2 Å². The van der Waals surface area contributed by atoms with E-state index in [1.54, 1.807) is 28.5 Å². The number of thiazole rings is 1. The Morgan fingerprint density at radius 1 is 1.23 bits per heavy atom. The van der Waals surface area contributed by atoms with E-state index in [0.29, 0.717) is 45.0 Å². The number of esters is 1. The Bertz CT molecular complexity index is 685. The van der Waals surface area contributed by atoms with E-state index in [1.807, 2.05) is 24.4 Å². The van der Waals surface area contributed by atoms with Crippen molar-refractivity contribution in [2.24, 2.45) is 0 Å². The van der Waals surface area contributed by atoms with Gasteiger partial charge in [0.1, 0.15) is 5.01 Å². The number of nitrogens with zero attached hydrogens (tertiary/aromatic N) is 2. The zero-order valence-electron chi connectivity index (χ0n) is 15.1. The van der Waals surface area contributed by atoms with Gasteiger partial charge in [0, 0.05) is 30.0 Å². The van der Waals surface area contributed by atoms with E-state index in [2.05, 4.69) is 4.98 Å². The zero-order chi connectivity index (χ0) is 18.8. The van der Waals surface area contributed by atoms with Crippen LogP contribution >= 0.6 is 22.7 Å². The molecule has 8 heteroatoms. The van der Waals surface area contributed by atoms with Crippen molar-refractivity contribution < 1.29 is 19.1 Å². The van der Waals surface area contributed by atoms with Crippen LogP contribution in [0.25, 0.3) is 0 Å². The molecule has 0 aliphatic heterocycles. The Hall–Kier alpha value is -1.77. The van der Waals surface area contributed by atoms with E-state index in [-0.39, 0.29) is 5.91 Å². The summed E-state index contributed by atoms with van der Waals surface area (Å²) in [7, 11) is 0. The Labute approximate surface area is 161 Å². The number of hydrogen-bond acceptors (Lipinski definition) is 7. The van der Waals surface area contributed by atoms with Crippen LogP contribution in [0.1, 0.15) is 40.6 Å². The molecule has 6 nitrogen and oxygen atoms in total. The largest absolute Gasteiger partial charge is 0.461 e. The van der Waals surface area contributed by atoms with E-state index >= 15 is 0 Å². The third-order valence-electron chi connectivity index (χ3n) is 3.54. The number of rotatable bonds is 11. The summed E-state index contributed by atoms with van der Waals surface area (Å²) in [5.41, 5.74) is 0.298. The number of hydrogen-bond donors (Lipinski definition) is 0. The maximum absolute atomic E-state index is 12.7. The van der Waals surface area contributed by atoms with Gasteiger partial charge < -0.3 is 14.4 Å². The van der Waals surface area contributed by atoms with Crippen LogP contribution in [0.3, 0.4) is 0 Å². The molecule has 26 heavy (non-hydrogen) atoms. The summed E-state index contributed by atoms with van der Waals surface area (Å²) in [4.78, 5) is 31.6. The van der Waals surface area contributed by atoms with Gasteiger partial charge in [0.15, 0.2) is 5.69 Å². The Morgan fingerprint density at radius 2 is 2.08 bits per heavy atom. The molecule has 2 aromatic rings. The van der Waals surface area contributed by atoms with Gasteiger partial charge in [-0.15, -0.1) is 22.7 Å². The first-order valence-corrected chi connectivity index (χ1v) is 10.4. The number of aromatic nitrogens is 1. The van der Waals surface area contributed by atoms with Crippen molar-refractivity contribution in [2.75, 3.05) is 26.4 Å². The second-order valence-electron chi connectivity index (χ2n) is 5.47. The van der Waals surface area contributed by atoms with Gasteiger partial charge in [-0.1, -0.05) is 6.07 Å². The van der Waals surface area contributed by atoms with Crippen LogP contribution in [0.5, 0.6) is 0 Å². The third-order valence-corrected chi connectivity index (χ3v) is 5.25. The molecule has 0 unspecified atom stereocenters. The van der Waals surface area contributed by atoms with Crippen molar-refractivity contribution in [2.45, 2.75) is 33.2 Å². The van der Waals surface area contributed by atoms with Gasteiger partial charge in [-0.3, -0.25) is 4.79 Å². The van der Waals surface area contributed by atoms with Crippen molar-refractivity contribution in [3.63, 3.8) is 0 Å². The van der Waals surface area contributed by atoms with E-state index in [0.717, 1.165) is 16.3 Å². The average molecular weight is 397 g/mol. The summed E-state index contributed by atoms with van der Waals surface area (Å²) >= 11 is 2.94. The molecule has 2 aromatic heterocycles. The molecule has 0 fully saturated rings. The van der Waals surface area contributed by atoms with E-state index in [1.165, 1.54) is 11.3 Å². The highest BCUT2D eigenvalue weighted by atomic mass is 32.1.